The van der Waals surface area contributed by atoms with E-state index in [1.54, 1.807) is 0 Å². The Labute approximate surface area is 103 Å². The summed E-state index contributed by atoms with van der Waals surface area (Å²) in [5.74, 6) is 0.00852. The fraction of sp³-hybridized carbons (Fsp3) is 0.923. The second-order valence-corrected chi connectivity index (χ2v) is 5.71. The molecule has 4 nitrogen and oxygen atoms in total. The summed E-state index contributed by atoms with van der Waals surface area (Å²) in [5.41, 5.74) is 0. The predicted octanol–water partition coefficient (Wildman–Crippen LogP) is 1.17. The van der Waals surface area contributed by atoms with Crippen molar-refractivity contribution in [1.29, 1.82) is 0 Å². The Hall–Kier alpha value is -0.610. The molecule has 0 amide bonds. The lowest BCUT2D eigenvalue weighted by atomic mass is 9.82. The average Bonchev–Trinajstić information content (AvgIpc) is 2.73. The molecule has 0 aromatic carbocycles. The van der Waals surface area contributed by atoms with Crippen LogP contribution in [0.15, 0.2) is 0 Å². The van der Waals surface area contributed by atoms with Crippen LogP contribution in [0, 0.1) is 11.8 Å². The van der Waals surface area contributed by atoms with Crippen LogP contribution in [0.4, 0.5) is 0 Å². The topological polar surface area (TPSA) is 52.6 Å². The largest absolute Gasteiger partial charge is 0.481 e. The number of hydrogen-bond acceptors (Lipinski definition) is 3. The van der Waals surface area contributed by atoms with Gasteiger partial charge in [0.15, 0.2) is 0 Å². The van der Waals surface area contributed by atoms with Crippen molar-refractivity contribution in [3.63, 3.8) is 0 Å². The number of likely N-dealkylation sites (tertiary alicyclic amines) is 1. The summed E-state index contributed by atoms with van der Waals surface area (Å²) in [4.78, 5) is 13.2. The number of carboxylic acids is 1. The first-order chi connectivity index (χ1) is 8.15. The minimum absolute atomic E-state index is 0.0798. The van der Waals surface area contributed by atoms with E-state index in [-0.39, 0.29) is 5.92 Å². The molecule has 98 valence electrons. The molecular formula is C13H24N2O2. The third-order valence-electron chi connectivity index (χ3n) is 4.28. The minimum atomic E-state index is -0.603. The Kier molecular flexibility index (Phi) is 4.40. The number of aliphatic carboxylic acids is 1. The second kappa shape index (κ2) is 5.83. The van der Waals surface area contributed by atoms with Crippen LogP contribution in [0.3, 0.4) is 0 Å². The van der Waals surface area contributed by atoms with Gasteiger partial charge in [-0.15, -0.1) is 0 Å². The maximum atomic E-state index is 10.8. The molecule has 2 N–H and O–H groups in total. The highest BCUT2D eigenvalue weighted by Gasteiger charge is 2.26. The fourth-order valence-electron chi connectivity index (χ4n) is 3.05. The third-order valence-corrected chi connectivity index (χ3v) is 4.28. The highest BCUT2D eigenvalue weighted by atomic mass is 16.4. The maximum absolute atomic E-state index is 10.8. The van der Waals surface area contributed by atoms with Crippen molar-refractivity contribution in [2.45, 2.75) is 38.1 Å². The van der Waals surface area contributed by atoms with Crippen LogP contribution < -0.4 is 5.32 Å². The first kappa shape index (κ1) is 12.8. The van der Waals surface area contributed by atoms with Gasteiger partial charge in [0.1, 0.15) is 0 Å². The van der Waals surface area contributed by atoms with Crippen molar-refractivity contribution in [2.75, 3.05) is 26.7 Å². The van der Waals surface area contributed by atoms with Crippen molar-refractivity contribution < 1.29 is 9.90 Å². The standard InChI is InChI=1S/C13H24N2O2/c1-15-7-6-12(9-15)14-8-10-2-4-11(5-3-10)13(16)17/h10-12,14H,2-9H2,1H3,(H,16,17). The van der Waals surface area contributed by atoms with Gasteiger partial charge in [-0.3, -0.25) is 4.79 Å². The van der Waals surface area contributed by atoms with Gasteiger partial charge in [0.2, 0.25) is 0 Å². The predicted molar refractivity (Wildman–Crippen MR) is 67.0 cm³/mol. The minimum Gasteiger partial charge on any atom is -0.481 e. The van der Waals surface area contributed by atoms with E-state index in [4.69, 9.17) is 5.11 Å². The van der Waals surface area contributed by atoms with Gasteiger partial charge < -0.3 is 15.3 Å². The molecule has 0 radical (unpaired) electrons. The summed E-state index contributed by atoms with van der Waals surface area (Å²) in [5, 5.41) is 12.6. The van der Waals surface area contributed by atoms with E-state index in [1.807, 2.05) is 0 Å². The zero-order chi connectivity index (χ0) is 12.3. The van der Waals surface area contributed by atoms with Crippen LogP contribution in [0.25, 0.3) is 0 Å². The smallest absolute Gasteiger partial charge is 0.306 e. The van der Waals surface area contributed by atoms with Gasteiger partial charge in [-0.1, -0.05) is 0 Å². The Balaban J connectivity index is 1.63. The van der Waals surface area contributed by atoms with E-state index in [0.29, 0.717) is 12.0 Å². The Morgan fingerprint density at radius 1 is 1.29 bits per heavy atom. The zero-order valence-corrected chi connectivity index (χ0v) is 10.7. The third kappa shape index (κ3) is 3.68. The molecule has 2 rings (SSSR count). The SMILES string of the molecule is CN1CCC(NCC2CCC(C(=O)O)CC2)C1. The lowest BCUT2D eigenvalue weighted by Gasteiger charge is -2.27. The Morgan fingerprint density at radius 2 is 2.00 bits per heavy atom. The molecule has 1 unspecified atom stereocenters. The number of nitrogens with zero attached hydrogens (tertiary/aromatic N) is 1. The molecular weight excluding hydrogens is 216 g/mol. The summed E-state index contributed by atoms with van der Waals surface area (Å²) in [6.07, 6.45) is 5.14. The molecule has 0 bridgehead atoms. The van der Waals surface area contributed by atoms with Gasteiger partial charge in [-0.25, -0.2) is 0 Å². The summed E-state index contributed by atoms with van der Waals surface area (Å²) in [7, 11) is 2.17. The lowest BCUT2D eigenvalue weighted by Crippen LogP contribution is -2.36. The van der Waals surface area contributed by atoms with E-state index in [2.05, 4.69) is 17.3 Å². The zero-order valence-electron chi connectivity index (χ0n) is 10.7. The highest BCUT2D eigenvalue weighted by molar-refractivity contribution is 5.69. The Morgan fingerprint density at radius 3 is 2.53 bits per heavy atom. The van der Waals surface area contributed by atoms with Crippen LogP contribution in [0.2, 0.25) is 0 Å². The van der Waals surface area contributed by atoms with Gasteiger partial charge in [-0.05, 0) is 58.2 Å². The Bertz CT molecular complexity index is 262. The molecule has 17 heavy (non-hydrogen) atoms. The van der Waals surface area contributed by atoms with Crippen molar-refractivity contribution in [3.05, 3.63) is 0 Å². The van der Waals surface area contributed by atoms with E-state index in [9.17, 15) is 4.79 Å². The van der Waals surface area contributed by atoms with Gasteiger partial charge in [0.25, 0.3) is 0 Å². The van der Waals surface area contributed by atoms with Crippen LogP contribution in [0.5, 0.6) is 0 Å². The number of carbonyl (C=O) groups is 1. The fourth-order valence-corrected chi connectivity index (χ4v) is 3.05. The number of nitrogens with one attached hydrogen (secondary N) is 1. The van der Waals surface area contributed by atoms with E-state index in [0.717, 1.165) is 38.8 Å². The molecule has 2 fully saturated rings. The number of carboxylic acid groups (broad SMARTS) is 1. The van der Waals surface area contributed by atoms with E-state index >= 15 is 0 Å². The van der Waals surface area contributed by atoms with Crippen molar-refractivity contribution in [2.24, 2.45) is 11.8 Å². The number of rotatable bonds is 4. The molecule has 0 aromatic heterocycles. The van der Waals surface area contributed by atoms with Gasteiger partial charge in [0.05, 0.1) is 5.92 Å². The summed E-state index contributed by atoms with van der Waals surface area (Å²) >= 11 is 0. The van der Waals surface area contributed by atoms with Crippen molar-refractivity contribution in [1.82, 2.24) is 10.2 Å². The number of likely N-dealkylation sites (N-methyl/N-ethyl adjacent to an activating group) is 1. The molecule has 1 aliphatic heterocycles. The van der Waals surface area contributed by atoms with E-state index < -0.39 is 5.97 Å². The molecule has 1 heterocycles. The average molecular weight is 240 g/mol. The molecule has 0 spiro atoms. The van der Waals surface area contributed by atoms with Crippen LogP contribution in [0.1, 0.15) is 32.1 Å². The van der Waals surface area contributed by atoms with Gasteiger partial charge in [-0.2, -0.15) is 0 Å². The van der Waals surface area contributed by atoms with Gasteiger partial charge in [0, 0.05) is 12.6 Å². The molecule has 2 aliphatic rings. The summed E-state index contributed by atoms with van der Waals surface area (Å²) in [6.45, 7) is 3.43. The lowest BCUT2D eigenvalue weighted by molar-refractivity contribution is -0.143. The normalized spacial score (nSPS) is 35.0. The highest BCUT2D eigenvalue weighted by Crippen LogP contribution is 2.28. The molecule has 0 aromatic rings. The van der Waals surface area contributed by atoms with Crippen LogP contribution in [-0.4, -0.2) is 48.7 Å². The quantitative estimate of drug-likeness (QED) is 0.774. The van der Waals surface area contributed by atoms with E-state index in [1.165, 1.54) is 13.0 Å². The maximum Gasteiger partial charge on any atom is 0.306 e. The first-order valence-corrected chi connectivity index (χ1v) is 6.80. The first-order valence-electron chi connectivity index (χ1n) is 6.80. The summed E-state index contributed by atoms with van der Waals surface area (Å²) < 4.78 is 0. The van der Waals surface area contributed by atoms with Gasteiger partial charge >= 0.3 is 5.97 Å². The molecule has 1 aliphatic carbocycles. The monoisotopic (exact) mass is 240 g/mol. The van der Waals surface area contributed by atoms with Crippen LogP contribution >= 0.6 is 0 Å². The van der Waals surface area contributed by atoms with Crippen molar-refractivity contribution >= 4 is 5.97 Å². The molecule has 4 heteroatoms. The molecule has 1 saturated carbocycles. The van der Waals surface area contributed by atoms with Crippen molar-refractivity contribution in [3.8, 4) is 0 Å². The summed E-state index contributed by atoms with van der Waals surface area (Å²) in [6, 6.07) is 0.650. The molecule has 1 atom stereocenters. The second-order valence-electron chi connectivity index (χ2n) is 5.71. The number of hydrogen-bond donors (Lipinski definition) is 2. The van der Waals surface area contributed by atoms with Crippen LogP contribution in [-0.2, 0) is 4.79 Å². The molecule has 1 saturated heterocycles.